The lowest BCUT2D eigenvalue weighted by molar-refractivity contribution is -0.147. The lowest BCUT2D eigenvalue weighted by Crippen LogP contribution is -2.52. The third-order valence-corrected chi connectivity index (χ3v) is 3.77. The van der Waals surface area contributed by atoms with Gasteiger partial charge >= 0.3 is 6.09 Å². The molecular weight excluding hydrogens is 282 g/mol. The summed E-state index contributed by atoms with van der Waals surface area (Å²) in [4.78, 5) is 14.2. The zero-order valence-electron chi connectivity index (χ0n) is 12.1. The number of nitrogens with one attached hydrogen (secondary N) is 1. The Labute approximate surface area is 128 Å². The van der Waals surface area contributed by atoms with Gasteiger partial charge in [0, 0.05) is 23.1 Å². The van der Waals surface area contributed by atoms with Gasteiger partial charge in [-0.15, -0.1) is 0 Å². The van der Waals surface area contributed by atoms with E-state index in [1.54, 1.807) is 6.08 Å². The third-order valence-electron chi connectivity index (χ3n) is 3.77. The number of para-hydroxylation sites is 1. The van der Waals surface area contributed by atoms with E-state index < -0.39 is 11.7 Å². The molecule has 22 heavy (non-hydrogen) atoms. The molecule has 3 rings (SSSR count). The number of carbonyl (C=O) groups excluding carboxylic acids is 1. The predicted molar refractivity (Wildman–Crippen MR) is 83.3 cm³/mol. The molecule has 0 spiro atoms. The molecule has 0 aliphatic carbocycles. The van der Waals surface area contributed by atoms with Crippen LogP contribution in [0.5, 0.6) is 0 Å². The molecule has 2 aromatic rings. The first-order valence-corrected chi connectivity index (χ1v) is 7.14. The van der Waals surface area contributed by atoms with Gasteiger partial charge in [-0.25, -0.2) is 4.79 Å². The van der Waals surface area contributed by atoms with E-state index in [1.165, 1.54) is 5.39 Å². The zero-order chi connectivity index (χ0) is 15.6. The Kier molecular flexibility index (Phi) is 3.87. The van der Waals surface area contributed by atoms with Crippen LogP contribution in [0.15, 0.2) is 42.6 Å². The number of rotatable bonds is 5. The van der Waals surface area contributed by atoms with Gasteiger partial charge < -0.3 is 25.9 Å². The molecule has 0 bridgehead atoms. The lowest BCUT2D eigenvalue weighted by atomic mass is 9.98. The summed E-state index contributed by atoms with van der Waals surface area (Å²) in [6.07, 6.45) is 5.47. The molecule has 0 saturated carbocycles. The van der Waals surface area contributed by atoms with Crippen LogP contribution in [0.3, 0.4) is 0 Å². The highest BCUT2D eigenvalue weighted by Crippen LogP contribution is 2.24. The van der Waals surface area contributed by atoms with E-state index in [2.05, 4.69) is 11.1 Å². The Morgan fingerprint density at radius 2 is 2.23 bits per heavy atom. The fraction of sp³-hybridized carbons (Fsp3) is 0.312. The molecule has 5 N–H and O–H groups in total. The van der Waals surface area contributed by atoms with Crippen molar-refractivity contribution in [3.05, 3.63) is 48.2 Å². The van der Waals surface area contributed by atoms with Crippen LogP contribution in [0.4, 0.5) is 4.79 Å². The van der Waals surface area contributed by atoms with Crippen molar-refractivity contribution in [3.8, 4) is 0 Å². The monoisotopic (exact) mass is 301 g/mol. The number of carbonyl (C=O) groups is 1. The quantitative estimate of drug-likeness (QED) is 0.727. The minimum absolute atomic E-state index is 0.187. The number of amides is 1. The van der Waals surface area contributed by atoms with Crippen molar-refractivity contribution in [3.63, 3.8) is 0 Å². The fourth-order valence-corrected chi connectivity index (χ4v) is 2.61. The number of primary amides is 1. The molecule has 1 fully saturated rings. The van der Waals surface area contributed by atoms with Crippen LogP contribution in [0.1, 0.15) is 5.56 Å². The molecule has 1 aromatic carbocycles. The Balaban J connectivity index is 1.68. The average Bonchev–Trinajstić information content (AvgIpc) is 2.85. The molecular formula is C16H19N3O3. The van der Waals surface area contributed by atoms with Gasteiger partial charge in [-0.1, -0.05) is 24.3 Å². The molecule has 116 valence electrons. The SMILES string of the molecule is NC(=O)OC1(/C=C/[C@H](N)Cc2c[nH]c3ccccc23)COC1. The van der Waals surface area contributed by atoms with E-state index in [-0.39, 0.29) is 6.04 Å². The fourth-order valence-electron chi connectivity index (χ4n) is 2.61. The molecule has 1 saturated heterocycles. The van der Waals surface area contributed by atoms with Crippen LogP contribution in [-0.4, -0.2) is 35.9 Å². The molecule has 1 aliphatic rings. The molecule has 1 atom stereocenters. The van der Waals surface area contributed by atoms with Crippen molar-refractivity contribution in [2.75, 3.05) is 13.2 Å². The number of ether oxygens (including phenoxy) is 2. The van der Waals surface area contributed by atoms with E-state index in [0.717, 1.165) is 11.1 Å². The molecule has 6 heteroatoms. The molecule has 1 aliphatic heterocycles. The highest BCUT2D eigenvalue weighted by atomic mass is 16.6. The maximum atomic E-state index is 10.9. The number of aromatic nitrogens is 1. The van der Waals surface area contributed by atoms with E-state index in [9.17, 15) is 4.79 Å². The largest absolute Gasteiger partial charge is 0.434 e. The van der Waals surface area contributed by atoms with Gasteiger partial charge in [0.25, 0.3) is 0 Å². The summed E-state index contributed by atoms with van der Waals surface area (Å²) < 4.78 is 10.2. The molecule has 1 amide bonds. The second-order valence-electron chi connectivity index (χ2n) is 5.57. The normalized spacial score (nSPS) is 18.2. The first-order chi connectivity index (χ1) is 10.6. The van der Waals surface area contributed by atoms with E-state index in [4.69, 9.17) is 20.9 Å². The molecule has 0 radical (unpaired) electrons. The van der Waals surface area contributed by atoms with Gasteiger partial charge in [0.1, 0.15) is 0 Å². The van der Waals surface area contributed by atoms with Gasteiger partial charge in [0.15, 0.2) is 5.60 Å². The first kappa shape index (κ1) is 14.6. The van der Waals surface area contributed by atoms with Crippen molar-refractivity contribution in [2.24, 2.45) is 11.5 Å². The van der Waals surface area contributed by atoms with Crippen LogP contribution >= 0.6 is 0 Å². The number of nitrogens with two attached hydrogens (primary N) is 2. The van der Waals surface area contributed by atoms with Crippen LogP contribution in [0.25, 0.3) is 10.9 Å². The number of fused-ring (bicyclic) bond motifs is 1. The van der Waals surface area contributed by atoms with E-state index in [1.807, 2.05) is 30.5 Å². The van der Waals surface area contributed by atoms with Crippen molar-refractivity contribution < 1.29 is 14.3 Å². The summed E-state index contributed by atoms with van der Waals surface area (Å²) in [5, 5.41) is 1.17. The molecule has 2 heterocycles. The summed E-state index contributed by atoms with van der Waals surface area (Å²) in [6.45, 7) is 0.624. The topological polar surface area (TPSA) is 103 Å². The Bertz CT molecular complexity index is 703. The number of hydrogen-bond acceptors (Lipinski definition) is 4. The van der Waals surface area contributed by atoms with Gasteiger partial charge in [-0.3, -0.25) is 0 Å². The summed E-state index contributed by atoms with van der Waals surface area (Å²) >= 11 is 0. The first-order valence-electron chi connectivity index (χ1n) is 7.14. The summed E-state index contributed by atoms with van der Waals surface area (Å²) in [5.74, 6) is 0. The standard InChI is InChI=1S/C16H19N3O3/c17-12(5-6-16(9-21-10-16)22-15(18)20)7-11-8-19-14-4-2-1-3-13(11)14/h1-6,8,12,19H,7,9-10,17H2,(H2,18,20)/b6-5+/t12-/m0/s1. The smallest absolute Gasteiger partial charge is 0.405 e. The second-order valence-corrected chi connectivity index (χ2v) is 5.57. The number of aromatic amines is 1. The van der Waals surface area contributed by atoms with E-state index >= 15 is 0 Å². The maximum Gasteiger partial charge on any atom is 0.405 e. The Morgan fingerprint density at radius 1 is 1.45 bits per heavy atom. The summed E-state index contributed by atoms with van der Waals surface area (Å²) in [6, 6.07) is 7.90. The summed E-state index contributed by atoms with van der Waals surface area (Å²) in [5.41, 5.74) is 12.7. The number of hydrogen-bond donors (Lipinski definition) is 3. The third kappa shape index (κ3) is 2.98. The van der Waals surface area contributed by atoms with Crippen molar-refractivity contribution >= 4 is 17.0 Å². The summed E-state index contributed by atoms with van der Waals surface area (Å²) in [7, 11) is 0. The Morgan fingerprint density at radius 3 is 2.91 bits per heavy atom. The van der Waals surface area contributed by atoms with Crippen LogP contribution in [-0.2, 0) is 15.9 Å². The van der Waals surface area contributed by atoms with Crippen LogP contribution < -0.4 is 11.5 Å². The van der Waals surface area contributed by atoms with Gasteiger partial charge in [0.2, 0.25) is 0 Å². The van der Waals surface area contributed by atoms with Gasteiger partial charge in [0.05, 0.1) is 13.2 Å². The van der Waals surface area contributed by atoms with E-state index in [0.29, 0.717) is 19.6 Å². The number of benzene rings is 1. The lowest BCUT2D eigenvalue weighted by Gasteiger charge is -2.37. The number of H-pyrrole nitrogens is 1. The minimum Gasteiger partial charge on any atom is -0.434 e. The highest BCUT2D eigenvalue weighted by Gasteiger charge is 2.39. The van der Waals surface area contributed by atoms with Crippen molar-refractivity contribution in [1.29, 1.82) is 0 Å². The highest BCUT2D eigenvalue weighted by molar-refractivity contribution is 5.83. The van der Waals surface area contributed by atoms with Gasteiger partial charge in [-0.2, -0.15) is 0 Å². The minimum atomic E-state index is -0.807. The molecule has 1 aromatic heterocycles. The second kappa shape index (κ2) is 5.82. The molecule has 0 unspecified atom stereocenters. The maximum absolute atomic E-state index is 10.9. The van der Waals surface area contributed by atoms with Crippen LogP contribution in [0.2, 0.25) is 0 Å². The van der Waals surface area contributed by atoms with Gasteiger partial charge in [-0.05, 0) is 24.1 Å². The zero-order valence-corrected chi connectivity index (χ0v) is 12.1. The predicted octanol–water partition coefficient (Wildman–Crippen LogP) is 1.46. The van der Waals surface area contributed by atoms with Crippen molar-refractivity contribution in [1.82, 2.24) is 4.98 Å². The Hall–Kier alpha value is -2.31. The van der Waals surface area contributed by atoms with Crippen LogP contribution in [0, 0.1) is 0 Å². The van der Waals surface area contributed by atoms with Crippen molar-refractivity contribution in [2.45, 2.75) is 18.1 Å². The average molecular weight is 301 g/mol. The molecule has 6 nitrogen and oxygen atoms in total.